The topological polar surface area (TPSA) is 156 Å². The molecule has 12 nitrogen and oxygen atoms in total. The average Bonchev–Trinajstić information content (AvgIpc) is 3.25. The third-order valence-electron chi connectivity index (χ3n) is 12.2. The Kier molecular flexibility index (Phi) is 8.64. The Morgan fingerprint density at radius 2 is 1.62 bits per heavy atom. The summed E-state index contributed by atoms with van der Waals surface area (Å²) in [6.07, 6.45) is -2.58. The second-order valence-corrected chi connectivity index (χ2v) is 16.3. The summed E-state index contributed by atoms with van der Waals surface area (Å²) in [5, 5.41) is 16.2. The van der Waals surface area contributed by atoms with Crippen molar-refractivity contribution < 1.29 is 52.7 Å². The van der Waals surface area contributed by atoms with E-state index in [2.05, 4.69) is 5.32 Å². The van der Waals surface area contributed by atoms with Gasteiger partial charge in [0.1, 0.15) is 36.1 Å². The zero-order chi connectivity index (χ0) is 36.2. The maximum atomic E-state index is 13.9. The van der Waals surface area contributed by atoms with Crippen LogP contribution in [0.1, 0.15) is 96.4 Å². The molecular formula is C36H53NO11. The first-order valence-electron chi connectivity index (χ1n) is 16.8. The summed E-state index contributed by atoms with van der Waals surface area (Å²) in [5.41, 5.74) is -4.27. The molecule has 268 valence electrons. The Morgan fingerprint density at radius 3 is 2.15 bits per heavy atom. The van der Waals surface area contributed by atoms with E-state index in [0.29, 0.717) is 11.1 Å². The minimum atomic E-state index is -1.89. The average molecular weight is 676 g/mol. The fourth-order valence-corrected chi connectivity index (χ4v) is 9.10. The third-order valence-corrected chi connectivity index (χ3v) is 12.2. The molecule has 2 heterocycles. The van der Waals surface area contributed by atoms with Gasteiger partial charge >= 0.3 is 17.9 Å². The zero-order valence-corrected chi connectivity index (χ0v) is 30.6. The van der Waals surface area contributed by atoms with E-state index in [1.165, 1.54) is 20.8 Å². The van der Waals surface area contributed by atoms with Gasteiger partial charge in [-0.25, -0.2) is 0 Å². The quantitative estimate of drug-likeness (QED) is 0.241. The Hall–Kier alpha value is -2.80. The number of esters is 3. The molecule has 1 amide bonds. The lowest BCUT2D eigenvalue weighted by Gasteiger charge is -2.67. The fourth-order valence-electron chi connectivity index (χ4n) is 9.10. The normalized spacial score (nSPS) is 39.9. The van der Waals surface area contributed by atoms with Gasteiger partial charge in [0.2, 0.25) is 5.91 Å². The smallest absolute Gasteiger partial charge is 0.314 e. The van der Waals surface area contributed by atoms with E-state index in [4.69, 9.17) is 28.4 Å². The lowest BCUT2D eigenvalue weighted by atomic mass is 9.45. The summed E-state index contributed by atoms with van der Waals surface area (Å²) in [5.74, 6) is -4.00. The van der Waals surface area contributed by atoms with E-state index in [1.54, 1.807) is 20.8 Å². The van der Waals surface area contributed by atoms with E-state index >= 15 is 0 Å². The van der Waals surface area contributed by atoms with Gasteiger partial charge in [0.05, 0.1) is 17.9 Å². The Balaban J connectivity index is 1.78. The molecule has 3 aliphatic carbocycles. The lowest BCUT2D eigenvalue weighted by Crippen LogP contribution is -2.79. The molecule has 2 saturated heterocycles. The van der Waals surface area contributed by atoms with Gasteiger partial charge < -0.3 is 38.8 Å². The largest absolute Gasteiger partial charge is 0.459 e. The van der Waals surface area contributed by atoms with Crippen LogP contribution in [0.25, 0.3) is 0 Å². The monoisotopic (exact) mass is 675 g/mol. The van der Waals surface area contributed by atoms with Crippen molar-refractivity contribution in [3.05, 3.63) is 22.8 Å². The summed E-state index contributed by atoms with van der Waals surface area (Å²) in [4.78, 5) is 51.7. The van der Waals surface area contributed by atoms with Crippen molar-refractivity contribution in [3.8, 4) is 0 Å². The number of aliphatic hydroxyl groups is 1. The first kappa shape index (κ1) is 36.5. The molecule has 0 aromatic rings. The second-order valence-electron chi connectivity index (χ2n) is 16.3. The zero-order valence-electron chi connectivity index (χ0n) is 30.6. The molecule has 0 spiro atoms. The molecule has 5 aliphatic rings. The number of amides is 1. The molecule has 12 heteroatoms. The number of nitrogens with one attached hydrogen (secondary N) is 1. The fraction of sp³-hybridized carbons (Fsp3) is 0.778. The maximum Gasteiger partial charge on any atom is 0.314 e. The van der Waals surface area contributed by atoms with Crippen LogP contribution in [0, 0.1) is 22.2 Å². The van der Waals surface area contributed by atoms with Gasteiger partial charge in [-0.15, -0.1) is 0 Å². The molecule has 1 unspecified atom stereocenters. The molecule has 2 N–H and O–H groups in total. The van der Waals surface area contributed by atoms with Crippen LogP contribution < -0.4 is 5.32 Å². The summed E-state index contributed by atoms with van der Waals surface area (Å²) >= 11 is 0. The minimum absolute atomic E-state index is 0.00651. The third kappa shape index (κ3) is 5.15. The van der Waals surface area contributed by atoms with Crippen LogP contribution in [0.4, 0.5) is 0 Å². The van der Waals surface area contributed by atoms with Gasteiger partial charge in [-0.2, -0.15) is 0 Å². The molecule has 1 saturated carbocycles. The number of fused-ring (bicyclic) bond motifs is 8. The number of carbonyl (C=O) groups is 4. The van der Waals surface area contributed by atoms with E-state index in [-0.39, 0.29) is 18.9 Å². The number of ether oxygens (including phenoxy) is 6. The SMILES string of the molecule is CC(=O)NC(C)C(C)(C)C(=O)O[C@@H]1C[C@@]2(O)[C@@H](OC(C)=O)[C@@H]3[C@]4(OC(C)=O)CO[C@@H]4C=C(C)[C@@]3(C)[C@@H]3OC(C)(C)O[C@@H]3C(=C1C)C2(C)C. The van der Waals surface area contributed by atoms with Crippen molar-refractivity contribution in [1.82, 2.24) is 5.32 Å². The van der Waals surface area contributed by atoms with Gasteiger partial charge in [-0.3, -0.25) is 19.2 Å². The molecule has 5 rings (SSSR count). The highest BCUT2D eigenvalue weighted by atomic mass is 16.8. The Labute approximate surface area is 283 Å². The predicted molar refractivity (Wildman–Crippen MR) is 172 cm³/mol. The van der Waals surface area contributed by atoms with Crippen molar-refractivity contribution in [2.45, 2.75) is 150 Å². The van der Waals surface area contributed by atoms with Crippen LogP contribution in [0.2, 0.25) is 0 Å². The Bertz CT molecular complexity index is 1480. The molecule has 48 heavy (non-hydrogen) atoms. The van der Waals surface area contributed by atoms with Crippen molar-refractivity contribution in [1.29, 1.82) is 0 Å². The number of hydrogen-bond acceptors (Lipinski definition) is 11. The molecular weight excluding hydrogens is 622 g/mol. The highest BCUT2D eigenvalue weighted by Crippen LogP contribution is 2.67. The highest BCUT2D eigenvalue weighted by Gasteiger charge is 2.77. The summed E-state index contributed by atoms with van der Waals surface area (Å²) in [7, 11) is 0. The molecule has 0 radical (unpaired) electrons. The van der Waals surface area contributed by atoms with E-state index in [9.17, 15) is 24.3 Å². The van der Waals surface area contributed by atoms with Gasteiger partial charge in [-0.1, -0.05) is 32.4 Å². The van der Waals surface area contributed by atoms with E-state index < -0.39 is 93.6 Å². The summed E-state index contributed by atoms with van der Waals surface area (Å²) in [6.45, 7) is 22.3. The van der Waals surface area contributed by atoms with Crippen LogP contribution in [0.15, 0.2) is 22.8 Å². The van der Waals surface area contributed by atoms with Crippen LogP contribution in [-0.4, -0.2) is 89.1 Å². The summed E-state index contributed by atoms with van der Waals surface area (Å²) < 4.78 is 38.3. The number of hydrogen-bond donors (Lipinski definition) is 2. The first-order chi connectivity index (χ1) is 21.9. The highest BCUT2D eigenvalue weighted by molar-refractivity contribution is 5.79. The van der Waals surface area contributed by atoms with E-state index in [1.807, 2.05) is 54.5 Å². The maximum absolute atomic E-state index is 13.9. The second kappa shape index (κ2) is 11.4. The van der Waals surface area contributed by atoms with Gasteiger partial charge in [0.25, 0.3) is 0 Å². The number of carbonyl (C=O) groups excluding carboxylic acids is 4. The van der Waals surface area contributed by atoms with Gasteiger partial charge in [0, 0.05) is 44.1 Å². The standard InChI is InChI=1S/C36H53NO11/c1-17-14-24-35(16-43-24,46-22(6)40)27-29(44-21(5)39)36(42)15-23(45-30(41)31(7,8)19(3)37-20(4)38)18(2)25(32(36,9)10)26-28(34(17,27)13)48-33(11,12)47-26/h14,19,23-24,26-29,42H,15-16H2,1-13H3,(H,37,38)/t19?,23-,24-,26-,27+,28-,29+,34-,35+,36-/m1/s1. The minimum Gasteiger partial charge on any atom is -0.459 e. The van der Waals surface area contributed by atoms with Crippen molar-refractivity contribution in [3.63, 3.8) is 0 Å². The van der Waals surface area contributed by atoms with Crippen molar-refractivity contribution >= 4 is 23.8 Å². The molecule has 3 fully saturated rings. The summed E-state index contributed by atoms with van der Waals surface area (Å²) in [6, 6.07) is -0.563. The van der Waals surface area contributed by atoms with Crippen LogP contribution >= 0.6 is 0 Å². The van der Waals surface area contributed by atoms with Crippen molar-refractivity contribution in [2.75, 3.05) is 6.61 Å². The lowest BCUT2D eigenvalue weighted by molar-refractivity contribution is -0.321. The van der Waals surface area contributed by atoms with Gasteiger partial charge in [-0.05, 0) is 59.6 Å². The molecule has 10 atom stereocenters. The van der Waals surface area contributed by atoms with Crippen LogP contribution in [0.5, 0.6) is 0 Å². The Morgan fingerprint density at radius 1 is 1.00 bits per heavy atom. The molecule has 2 aliphatic heterocycles. The van der Waals surface area contributed by atoms with Crippen LogP contribution in [0.3, 0.4) is 0 Å². The van der Waals surface area contributed by atoms with Crippen LogP contribution in [-0.2, 0) is 47.6 Å². The molecule has 0 aromatic heterocycles. The first-order valence-corrected chi connectivity index (χ1v) is 16.8. The van der Waals surface area contributed by atoms with E-state index in [0.717, 1.165) is 5.57 Å². The number of rotatable bonds is 6. The molecule has 0 aromatic carbocycles. The molecule has 2 bridgehead atoms. The van der Waals surface area contributed by atoms with Crippen molar-refractivity contribution in [2.24, 2.45) is 22.2 Å². The van der Waals surface area contributed by atoms with Gasteiger partial charge in [0.15, 0.2) is 11.4 Å². The predicted octanol–water partition coefficient (Wildman–Crippen LogP) is 3.68.